The highest BCUT2D eigenvalue weighted by Crippen LogP contribution is 2.32. The Kier molecular flexibility index (Phi) is 6.39. The number of fused-ring (bicyclic) bond motifs is 2. The molecule has 1 aromatic heterocycles. The minimum Gasteiger partial charge on any atom is -0.489 e. The fraction of sp³-hybridized carbons (Fsp3) is 0.0645. The molecule has 0 fully saturated rings. The van der Waals surface area contributed by atoms with Gasteiger partial charge in [0.1, 0.15) is 12.4 Å². The number of aromatic nitrogens is 1. The van der Waals surface area contributed by atoms with Crippen molar-refractivity contribution < 1.29 is 19.0 Å². The van der Waals surface area contributed by atoms with E-state index in [1.807, 2.05) is 97.1 Å². The number of nitrogens with zero attached hydrogens (tertiary/aromatic N) is 2. The number of hydrazone groups is 1. The summed E-state index contributed by atoms with van der Waals surface area (Å²) in [6.07, 6.45) is 1.60. The second-order valence-electron chi connectivity index (χ2n) is 8.68. The van der Waals surface area contributed by atoms with Crippen LogP contribution >= 0.6 is 0 Å². The van der Waals surface area contributed by atoms with Gasteiger partial charge in [0.25, 0.3) is 5.91 Å². The lowest BCUT2D eigenvalue weighted by molar-refractivity contribution is 0.0956. The standard InChI is InChI=1S/C31H23N3O4/c35-31(26-17-28(23-6-2-1-3-7-23)33-27-9-5-4-8-25(26)27)34-32-18-21-10-13-24(14-11-21)36-19-22-12-15-29-30(16-22)38-20-37-29/h1-18H,19-20H2,(H,34,35)/b32-18+. The SMILES string of the molecule is O=C(N/N=C/c1ccc(OCc2ccc3c(c2)OCO3)cc1)c1cc(-c2ccccc2)nc2ccccc12. The van der Waals surface area contributed by atoms with E-state index in [-0.39, 0.29) is 12.7 Å². The summed E-state index contributed by atoms with van der Waals surface area (Å²) in [5.41, 5.74) is 7.40. The third kappa shape index (κ3) is 5.03. The lowest BCUT2D eigenvalue weighted by Gasteiger charge is -2.09. The van der Waals surface area contributed by atoms with Crippen LogP contribution in [0.3, 0.4) is 0 Å². The van der Waals surface area contributed by atoms with E-state index in [1.54, 1.807) is 12.3 Å². The third-order valence-electron chi connectivity index (χ3n) is 6.13. The summed E-state index contributed by atoms with van der Waals surface area (Å²) >= 11 is 0. The molecular weight excluding hydrogens is 478 g/mol. The van der Waals surface area contributed by atoms with Crippen LogP contribution in [0.2, 0.25) is 0 Å². The van der Waals surface area contributed by atoms with E-state index in [2.05, 4.69) is 10.5 Å². The highest BCUT2D eigenvalue weighted by atomic mass is 16.7. The van der Waals surface area contributed by atoms with Crippen molar-refractivity contribution >= 4 is 23.0 Å². The number of rotatable bonds is 7. The fourth-order valence-electron chi connectivity index (χ4n) is 4.19. The summed E-state index contributed by atoms with van der Waals surface area (Å²) in [5, 5.41) is 4.94. The molecule has 0 bridgehead atoms. The molecule has 0 atom stereocenters. The molecule has 1 N–H and O–H groups in total. The van der Waals surface area contributed by atoms with Crippen LogP contribution in [0.25, 0.3) is 22.2 Å². The number of carbonyl (C=O) groups is 1. The van der Waals surface area contributed by atoms with Crippen LogP contribution < -0.4 is 19.6 Å². The molecule has 4 aromatic carbocycles. The average Bonchev–Trinajstić information content (AvgIpc) is 3.45. The van der Waals surface area contributed by atoms with Gasteiger partial charge in [-0.3, -0.25) is 4.79 Å². The van der Waals surface area contributed by atoms with Crippen molar-refractivity contribution in [3.05, 3.63) is 120 Å². The predicted octanol–water partition coefficient (Wildman–Crippen LogP) is 5.97. The van der Waals surface area contributed by atoms with Gasteiger partial charge in [0.2, 0.25) is 6.79 Å². The smallest absolute Gasteiger partial charge is 0.272 e. The van der Waals surface area contributed by atoms with Crippen LogP contribution in [0.1, 0.15) is 21.5 Å². The van der Waals surface area contributed by atoms with Crippen molar-refractivity contribution in [1.29, 1.82) is 0 Å². The molecule has 1 aliphatic heterocycles. The van der Waals surface area contributed by atoms with Crippen molar-refractivity contribution in [3.8, 4) is 28.5 Å². The molecule has 7 nitrogen and oxygen atoms in total. The summed E-state index contributed by atoms with van der Waals surface area (Å²) in [7, 11) is 0. The second kappa shape index (κ2) is 10.4. The summed E-state index contributed by atoms with van der Waals surface area (Å²) in [6.45, 7) is 0.655. The molecule has 0 aliphatic carbocycles. The first-order valence-electron chi connectivity index (χ1n) is 12.1. The first-order chi connectivity index (χ1) is 18.7. The molecule has 1 aliphatic rings. The van der Waals surface area contributed by atoms with Crippen molar-refractivity contribution in [3.63, 3.8) is 0 Å². The molecule has 1 amide bonds. The maximum absolute atomic E-state index is 13.1. The summed E-state index contributed by atoms with van der Waals surface area (Å²) in [6, 6.07) is 32.4. The van der Waals surface area contributed by atoms with Crippen molar-refractivity contribution in [1.82, 2.24) is 10.4 Å². The van der Waals surface area contributed by atoms with E-state index in [0.717, 1.165) is 50.5 Å². The molecule has 0 saturated heterocycles. The Labute approximate surface area is 219 Å². The van der Waals surface area contributed by atoms with Crippen molar-refractivity contribution in [2.24, 2.45) is 5.10 Å². The number of carbonyl (C=O) groups excluding carboxylic acids is 1. The summed E-state index contributed by atoms with van der Waals surface area (Å²) < 4.78 is 16.6. The summed E-state index contributed by atoms with van der Waals surface area (Å²) in [4.78, 5) is 17.8. The molecule has 7 heteroatoms. The Morgan fingerprint density at radius 2 is 1.68 bits per heavy atom. The first-order valence-corrected chi connectivity index (χ1v) is 12.1. The molecule has 5 aromatic rings. The largest absolute Gasteiger partial charge is 0.489 e. The van der Waals surface area contributed by atoms with Crippen LogP contribution in [-0.4, -0.2) is 23.9 Å². The number of nitrogens with one attached hydrogen (secondary N) is 1. The van der Waals surface area contributed by atoms with E-state index < -0.39 is 0 Å². The number of ether oxygens (including phenoxy) is 3. The predicted molar refractivity (Wildman–Crippen MR) is 146 cm³/mol. The van der Waals surface area contributed by atoms with Gasteiger partial charge < -0.3 is 14.2 Å². The van der Waals surface area contributed by atoms with Gasteiger partial charge in [-0.1, -0.05) is 54.6 Å². The van der Waals surface area contributed by atoms with Gasteiger partial charge in [0.15, 0.2) is 11.5 Å². The molecule has 186 valence electrons. The van der Waals surface area contributed by atoms with Gasteiger partial charge in [-0.2, -0.15) is 5.10 Å². The summed E-state index contributed by atoms with van der Waals surface area (Å²) in [5.74, 6) is 1.90. The van der Waals surface area contributed by atoms with Crippen molar-refractivity contribution in [2.75, 3.05) is 6.79 Å². The number of para-hydroxylation sites is 1. The van der Waals surface area contributed by atoms with Crippen LogP contribution in [0.15, 0.2) is 108 Å². The highest BCUT2D eigenvalue weighted by Gasteiger charge is 2.14. The topological polar surface area (TPSA) is 82.0 Å². The molecule has 0 saturated carbocycles. The Morgan fingerprint density at radius 3 is 2.55 bits per heavy atom. The van der Waals surface area contributed by atoms with Gasteiger partial charge in [0.05, 0.1) is 23.0 Å². The number of benzene rings is 4. The Bertz CT molecular complexity index is 1630. The third-order valence-corrected chi connectivity index (χ3v) is 6.13. The van der Waals surface area contributed by atoms with E-state index in [9.17, 15) is 4.79 Å². The quantitative estimate of drug-likeness (QED) is 0.219. The zero-order valence-electron chi connectivity index (χ0n) is 20.3. The van der Waals surface area contributed by atoms with E-state index in [1.165, 1.54) is 0 Å². The number of pyridine rings is 1. The lowest BCUT2D eigenvalue weighted by Crippen LogP contribution is -2.18. The number of amides is 1. The lowest BCUT2D eigenvalue weighted by atomic mass is 10.0. The fourth-order valence-corrected chi connectivity index (χ4v) is 4.19. The van der Waals surface area contributed by atoms with Gasteiger partial charge >= 0.3 is 0 Å². The van der Waals surface area contributed by atoms with Crippen LogP contribution in [-0.2, 0) is 6.61 Å². The average molecular weight is 502 g/mol. The minimum atomic E-state index is -0.305. The van der Waals surface area contributed by atoms with Crippen LogP contribution in [0, 0.1) is 0 Å². The Balaban J connectivity index is 1.12. The van der Waals surface area contributed by atoms with E-state index >= 15 is 0 Å². The number of hydrogen-bond acceptors (Lipinski definition) is 6. The first kappa shape index (κ1) is 23.2. The Morgan fingerprint density at radius 1 is 0.895 bits per heavy atom. The van der Waals surface area contributed by atoms with Crippen molar-refractivity contribution in [2.45, 2.75) is 6.61 Å². The van der Waals surface area contributed by atoms with Crippen LogP contribution in [0.5, 0.6) is 17.2 Å². The molecule has 0 spiro atoms. The maximum atomic E-state index is 13.1. The highest BCUT2D eigenvalue weighted by molar-refractivity contribution is 6.07. The maximum Gasteiger partial charge on any atom is 0.272 e. The van der Waals surface area contributed by atoms with Crippen LogP contribution in [0.4, 0.5) is 0 Å². The van der Waals surface area contributed by atoms with Gasteiger partial charge in [-0.05, 0) is 59.7 Å². The molecule has 2 heterocycles. The zero-order chi connectivity index (χ0) is 25.7. The van der Waals surface area contributed by atoms with Gasteiger partial charge in [-0.25, -0.2) is 10.4 Å². The normalized spacial score (nSPS) is 12.1. The molecule has 38 heavy (non-hydrogen) atoms. The molecule has 0 unspecified atom stereocenters. The number of hydrogen-bond donors (Lipinski definition) is 1. The van der Waals surface area contributed by atoms with Gasteiger partial charge in [-0.15, -0.1) is 0 Å². The van der Waals surface area contributed by atoms with E-state index in [0.29, 0.717) is 12.2 Å². The zero-order valence-corrected chi connectivity index (χ0v) is 20.3. The van der Waals surface area contributed by atoms with Gasteiger partial charge in [0, 0.05) is 10.9 Å². The van der Waals surface area contributed by atoms with E-state index in [4.69, 9.17) is 19.2 Å². The molecule has 0 radical (unpaired) electrons. The molecular formula is C31H23N3O4. The monoisotopic (exact) mass is 501 g/mol. The molecule has 6 rings (SSSR count). The second-order valence-corrected chi connectivity index (χ2v) is 8.68. The minimum absolute atomic E-state index is 0.247. The Hall–Kier alpha value is -5.17.